The first-order valence-corrected chi connectivity index (χ1v) is 7.50. The summed E-state index contributed by atoms with van der Waals surface area (Å²) in [5, 5.41) is 9.19. The Hall–Kier alpha value is -2.15. The molecule has 114 valence electrons. The normalized spacial score (nSPS) is 10.6. The fourth-order valence-corrected chi connectivity index (χ4v) is 2.49. The summed E-state index contributed by atoms with van der Waals surface area (Å²) in [4.78, 5) is 2.29. The number of rotatable bonds is 7. The Morgan fingerprint density at radius 3 is 2.50 bits per heavy atom. The van der Waals surface area contributed by atoms with Gasteiger partial charge < -0.3 is 9.64 Å². The van der Waals surface area contributed by atoms with E-state index in [0.717, 1.165) is 37.2 Å². The molecule has 0 aromatic heterocycles. The summed E-state index contributed by atoms with van der Waals surface area (Å²) < 4.78 is 5.08. The van der Waals surface area contributed by atoms with E-state index in [2.05, 4.69) is 42.3 Å². The number of nitriles is 1. The zero-order chi connectivity index (χ0) is 15.8. The second-order valence-corrected chi connectivity index (χ2v) is 5.44. The molecule has 2 aromatic carbocycles. The van der Waals surface area contributed by atoms with Gasteiger partial charge in [-0.15, -0.1) is 0 Å². The standard InChI is InChI=1S/C19H22N2O/c1-21(12-5-13-22-2)15-16-8-10-17(11-9-16)19-7-4-3-6-18(19)14-20/h3-4,6-11H,5,12-13,15H2,1-2H3. The lowest BCUT2D eigenvalue weighted by Gasteiger charge is -2.16. The Balaban J connectivity index is 2.03. The summed E-state index contributed by atoms with van der Waals surface area (Å²) >= 11 is 0. The molecule has 2 rings (SSSR count). The van der Waals surface area contributed by atoms with Gasteiger partial charge in [-0.05, 0) is 36.2 Å². The van der Waals surface area contributed by atoms with Crippen molar-refractivity contribution in [2.75, 3.05) is 27.3 Å². The lowest BCUT2D eigenvalue weighted by atomic mass is 9.99. The third kappa shape index (κ3) is 4.42. The van der Waals surface area contributed by atoms with Gasteiger partial charge in [0.2, 0.25) is 0 Å². The summed E-state index contributed by atoms with van der Waals surface area (Å²) in [7, 11) is 3.85. The van der Waals surface area contributed by atoms with E-state index >= 15 is 0 Å². The largest absolute Gasteiger partial charge is 0.385 e. The highest BCUT2D eigenvalue weighted by atomic mass is 16.5. The molecule has 0 aliphatic heterocycles. The molecule has 0 aliphatic carbocycles. The quantitative estimate of drug-likeness (QED) is 0.731. The minimum atomic E-state index is 0.715. The molecule has 0 radical (unpaired) electrons. The fraction of sp³-hybridized carbons (Fsp3) is 0.316. The maximum Gasteiger partial charge on any atom is 0.0998 e. The molecule has 2 aromatic rings. The molecule has 0 heterocycles. The Bertz CT molecular complexity index is 629. The summed E-state index contributed by atoms with van der Waals surface area (Å²) in [5.41, 5.74) is 4.07. The first kappa shape index (κ1) is 16.2. The van der Waals surface area contributed by atoms with Gasteiger partial charge in [-0.3, -0.25) is 0 Å². The van der Waals surface area contributed by atoms with Crippen LogP contribution in [0.15, 0.2) is 48.5 Å². The van der Waals surface area contributed by atoms with E-state index in [9.17, 15) is 5.26 Å². The van der Waals surface area contributed by atoms with Crippen LogP contribution >= 0.6 is 0 Å². The minimum Gasteiger partial charge on any atom is -0.385 e. The van der Waals surface area contributed by atoms with Crippen LogP contribution in [-0.4, -0.2) is 32.2 Å². The van der Waals surface area contributed by atoms with Gasteiger partial charge in [0.05, 0.1) is 11.6 Å². The van der Waals surface area contributed by atoms with Gasteiger partial charge in [-0.25, -0.2) is 0 Å². The van der Waals surface area contributed by atoms with E-state index in [4.69, 9.17) is 4.74 Å². The van der Waals surface area contributed by atoms with Crippen molar-refractivity contribution < 1.29 is 4.74 Å². The minimum absolute atomic E-state index is 0.715. The molecule has 0 spiro atoms. The van der Waals surface area contributed by atoms with Crippen LogP contribution in [0.25, 0.3) is 11.1 Å². The van der Waals surface area contributed by atoms with E-state index < -0.39 is 0 Å². The zero-order valence-corrected chi connectivity index (χ0v) is 13.2. The van der Waals surface area contributed by atoms with E-state index in [1.807, 2.05) is 24.3 Å². The van der Waals surface area contributed by atoms with Crippen molar-refractivity contribution in [3.63, 3.8) is 0 Å². The van der Waals surface area contributed by atoms with Gasteiger partial charge >= 0.3 is 0 Å². The van der Waals surface area contributed by atoms with Crippen LogP contribution in [0.2, 0.25) is 0 Å². The van der Waals surface area contributed by atoms with Crippen LogP contribution in [0.1, 0.15) is 17.5 Å². The van der Waals surface area contributed by atoms with E-state index in [-0.39, 0.29) is 0 Å². The molecule has 3 heteroatoms. The maximum absolute atomic E-state index is 9.19. The molecule has 22 heavy (non-hydrogen) atoms. The molecule has 3 nitrogen and oxygen atoms in total. The third-order valence-corrected chi connectivity index (χ3v) is 3.65. The van der Waals surface area contributed by atoms with Crippen LogP contribution in [0, 0.1) is 11.3 Å². The molecular weight excluding hydrogens is 272 g/mol. The number of benzene rings is 2. The number of ether oxygens (including phenoxy) is 1. The van der Waals surface area contributed by atoms with Gasteiger partial charge in [0, 0.05) is 26.8 Å². The van der Waals surface area contributed by atoms with E-state index in [0.29, 0.717) is 5.56 Å². The van der Waals surface area contributed by atoms with Crippen LogP contribution in [0.3, 0.4) is 0 Å². The summed E-state index contributed by atoms with van der Waals surface area (Å²) in [5.74, 6) is 0. The highest BCUT2D eigenvalue weighted by molar-refractivity contribution is 5.70. The van der Waals surface area contributed by atoms with Crippen molar-refractivity contribution in [3.8, 4) is 17.2 Å². The topological polar surface area (TPSA) is 36.3 Å². The van der Waals surface area contributed by atoms with E-state index in [1.165, 1.54) is 5.56 Å². The zero-order valence-electron chi connectivity index (χ0n) is 13.2. The molecule has 0 unspecified atom stereocenters. The summed E-state index contributed by atoms with van der Waals surface area (Å²) in [6.45, 7) is 2.74. The lowest BCUT2D eigenvalue weighted by molar-refractivity contribution is 0.178. The average molecular weight is 294 g/mol. The lowest BCUT2D eigenvalue weighted by Crippen LogP contribution is -2.20. The second kappa shape index (κ2) is 8.33. The number of methoxy groups -OCH3 is 1. The Morgan fingerprint density at radius 2 is 1.82 bits per heavy atom. The van der Waals surface area contributed by atoms with E-state index in [1.54, 1.807) is 7.11 Å². The van der Waals surface area contributed by atoms with Gasteiger partial charge in [-0.1, -0.05) is 42.5 Å². The van der Waals surface area contributed by atoms with Gasteiger partial charge in [0.15, 0.2) is 0 Å². The number of nitrogens with zero attached hydrogens (tertiary/aromatic N) is 2. The van der Waals surface area contributed by atoms with Crippen LogP contribution in [0.5, 0.6) is 0 Å². The average Bonchev–Trinajstić information content (AvgIpc) is 2.56. The first-order chi connectivity index (χ1) is 10.7. The van der Waals surface area contributed by atoms with Gasteiger partial charge in [-0.2, -0.15) is 5.26 Å². The fourth-order valence-electron chi connectivity index (χ4n) is 2.49. The molecule has 0 saturated heterocycles. The highest BCUT2D eigenvalue weighted by Crippen LogP contribution is 2.23. The summed E-state index contributed by atoms with van der Waals surface area (Å²) in [6.07, 6.45) is 1.04. The Labute approximate surface area is 132 Å². The van der Waals surface area contributed by atoms with Crippen molar-refractivity contribution in [1.82, 2.24) is 4.90 Å². The van der Waals surface area contributed by atoms with Gasteiger partial charge in [0.25, 0.3) is 0 Å². The van der Waals surface area contributed by atoms with Crippen molar-refractivity contribution >= 4 is 0 Å². The predicted molar refractivity (Wildman–Crippen MR) is 89.4 cm³/mol. The summed E-state index contributed by atoms with van der Waals surface area (Å²) in [6, 6.07) is 18.4. The molecular formula is C19H22N2O. The third-order valence-electron chi connectivity index (χ3n) is 3.65. The molecule has 0 aliphatic rings. The maximum atomic E-state index is 9.19. The molecule has 0 fully saturated rings. The van der Waals surface area contributed by atoms with Gasteiger partial charge in [0.1, 0.15) is 0 Å². The smallest absolute Gasteiger partial charge is 0.0998 e. The van der Waals surface area contributed by atoms with Crippen molar-refractivity contribution in [2.45, 2.75) is 13.0 Å². The number of hydrogen-bond acceptors (Lipinski definition) is 3. The number of hydrogen-bond donors (Lipinski definition) is 0. The van der Waals surface area contributed by atoms with Crippen molar-refractivity contribution in [2.24, 2.45) is 0 Å². The Morgan fingerprint density at radius 1 is 1.09 bits per heavy atom. The molecule has 0 saturated carbocycles. The molecule has 0 atom stereocenters. The first-order valence-electron chi connectivity index (χ1n) is 7.50. The molecule has 0 bridgehead atoms. The molecule has 0 amide bonds. The van der Waals surface area contributed by atoms with Crippen LogP contribution in [0.4, 0.5) is 0 Å². The predicted octanol–water partition coefficient (Wildman–Crippen LogP) is 3.69. The van der Waals surface area contributed by atoms with Crippen LogP contribution in [-0.2, 0) is 11.3 Å². The monoisotopic (exact) mass is 294 g/mol. The Kier molecular flexibility index (Phi) is 6.14. The van der Waals surface area contributed by atoms with Crippen molar-refractivity contribution in [1.29, 1.82) is 5.26 Å². The SMILES string of the molecule is COCCCN(C)Cc1ccc(-c2ccccc2C#N)cc1. The van der Waals surface area contributed by atoms with Crippen LogP contribution < -0.4 is 0 Å². The highest BCUT2D eigenvalue weighted by Gasteiger charge is 2.05. The van der Waals surface area contributed by atoms with Crippen molar-refractivity contribution in [3.05, 3.63) is 59.7 Å². The molecule has 0 N–H and O–H groups in total. The second-order valence-electron chi connectivity index (χ2n) is 5.44.